The summed E-state index contributed by atoms with van der Waals surface area (Å²) in [6.07, 6.45) is 5.97. The van der Waals surface area contributed by atoms with Gasteiger partial charge in [0.25, 0.3) is 0 Å². The van der Waals surface area contributed by atoms with Gasteiger partial charge in [0, 0.05) is 24.2 Å². The van der Waals surface area contributed by atoms with Crippen LogP contribution in [0, 0.1) is 0 Å². The van der Waals surface area contributed by atoms with Crippen LogP contribution in [-0.4, -0.2) is 21.8 Å². The SMILES string of the molecule is CCC(O)c1ccn(Cc2cccnc2OC)c1. The van der Waals surface area contributed by atoms with Gasteiger partial charge in [-0.25, -0.2) is 4.98 Å². The number of aliphatic hydroxyl groups is 1. The normalized spacial score (nSPS) is 12.4. The van der Waals surface area contributed by atoms with Crippen LogP contribution in [0.4, 0.5) is 0 Å². The van der Waals surface area contributed by atoms with Crippen LogP contribution in [-0.2, 0) is 6.54 Å². The zero-order chi connectivity index (χ0) is 13.0. The Morgan fingerprint density at radius 3 is 3.00 bits per heavy atom. The van der Waals surface area contributed by atoms with Crippen LogP contribution in [0.1, 0.15) is 30.6 Å². The molecular weight excluding hydrogens is 228 g/mol. The maximum atomic E-state index is 9.76. The molecule has 2 heterocycles. The molecule has 0 saturated heterocycles. The summed E-state index contributed by atoms with van der Waals surface area (Å²) in [5.74, 6) is 0.642. The molecule has 0 spiro atoms. The van der Waals surface area contributed by atoms with Gasteiger partial charge in [-0.05, 0) is 24.1 Å². The van der Waals surface area contributed by atoms with Gasteiger partial charge >= 0.3 is 0 Å². The Morgan fingerprint density at radius 1 is 1.44 bits per heavy atom. The summed E-state index contributed by atoms with van der Waals surface area (Å²) in [6.45, 7) is 2.65. The molecule has 0 saturated carbocycles. The fourth-order valence-corrected chi connectivity index (χ4v) is 1.92. The molecule has 0 aliphatic rings. The van der Waals surface area contributed by atoms with Crippen LogP contribution in [0.5, 0.6) is 5.88 Å². The van der Waals surface area contributed by atoms with E-state index in [0.29, 0.717) is 12.4 Å². The lowest BCUT2D eigenvalue weighted by atomic mass is 10.1. The summed E-state index contributed by atoms with van der Waals surface area (Å²) in [4.78, 5) is 4.17. The van der Waals surface area contributed by atoms with E-state index in [9.17, 15) is 5.11 Å². The van der Waals surface area contributed by atoms with Crippen molar-refractivity contribution in [1.29, 1.82) is 0 Å². The van der Waals surface area contributed by atoms with Gasteiger partial charge in [-0.1, -0.05) is 13.0 Å². The molecule has 2 aromatic heterocycles. The Morgan fingerprint density at radius 2 is 2.28 bits per heavy atom. The zero-order valence-corrected chi connectivity index (χ0v) is 10.7. The molecule has 1 N–H and O–H groups in total. The summed E-state index contributed by atoms with van der Waals surface area (Å²) in [5, 5.41) is 9.76. The summed E-state index contributed by atoms with van der Waals surface area (Å²) < 4.78 is 7.24. The zero-order valence-electron chi connectivity index (χ0n) is 10.7. The maximum Gasteiger partial charge on any atom is 0.218 e. The highest BCUT2D eigenvalue weighted by atomic mass is 16.5. The van der Waals surface area contributed by atoms with Crippen LogP contribution in [0.3, 0.4) is 0 Å². The van der Waals surface area contributed by atoms with E-state index in [-0.39, 0.29) is 6.10 Å². The van der Waals surface area contributed by atoms with Crippen LogP contribution < -0.4 is 4.74 Å². The van der Waals surface area contributed by atoms with E-state index in [1.54, 1.807) is 13.3 Å². The maximum absolute atomic E-state index is 9.76. The second-order valence-electron chi connectivity index (χ2n) is 4.21. The minimum Gasteiger partial charge on any atom is -0.481 e. The first-order valence-electron chi connectivity index (χ1n) is 6.06. The molecule has 2 aromatic rings. The number of nitrogens with zero attached hydrogens (tertiary/aromatic N) is 2. The number of aliphatic hydroxyl groups excluding tert-OH is 1. The van der Waals surface area contributed by atoms with Crippen LogP contribution >= 0.6 is 0 Å². The highest BCUT2D eigenvalue weighted by Gasteiger charge is 2.08. The Balaban J connectivity index is 2.16. The third-order valence-corrected chi connectivity index (χ3v) is 2.94. The van der Waals surface area contributed by atoms with E-state index in [4.69, 9.17) is 4.74 Å². The smallest absolute Gasteiger partial charge is 0.218 e. The van der Waals surface area contributed by atoms with E-state index in [1.165, 1.54) is 0 Å². The van der Waals surface area contributed by atoms with Gasteiger partial charge in [0.05, 0.1) is 19.8 Å². The highest BCUT2D eigenvalue weighted by molar-refractivity contribution is 5.26. The lowest BCUT2D eigenvalue weighted by Gasteiger charge is -2.08. The Bertz CT molecular complexity index is 508. The van der Waals surface area contributed by atoms with Crippen LogP contribution in [0.2, 0.25) is 0 Å². The van der Waals surface area contributed by atoms with Crippen molar-refractivity contribution in [1.82, 2.24) is 9.55 Å². The Kier molecular flexibility index (Phi) is 3.99. The standard InChI is InChI=1S/C14H18N2O2/c1-3-13(17)11-6-8-16(9-11)10-12-5-4-7-15-14(12)18-2/h4-9,13,17H,3,10H2,1-2H3. The number of hydrogen-bond donors (Lipinski definition) is 1. The van der Waals surface area contributed by atoms with E-state index in [1.807, 2.05) is 42.1 Å². The molecule has 1 atom stereocenters. The number of rotatable bonds is 5. The fraction of sp³-hybridized carbons (Fsp3) is 0.357. The third-order valence-electron chi connectivity index (χ3n) is 2.94. The molecule has 0 aliphatic carbocycles. The molecular formula is C14H18N2O2. The minimum absolute atomic E-state index is 0.387. The van der Waals surface area contributed by atoms with E-state index in [0.717, 1.165) is 17.5 Å². The van der Waals surface area contributed by atoms with Crippen molar-refractivity contribution in [2.45, 2.75) is 26.0 Å². The van der Waals surface area contributed by atoms with Crippen molar-refractivity contribution in [3.63, 3.8) is 0 Å². The van der Waals surface area contributed by atoms with E-state index < -0.39 is 0 Å². The molecule has 0 aliphatic heterocycles. The second kappa shape index (κ2) is 5.69. The number of pyridine rings is 1. The first-order chi connectivity index (χ1) is 8.74. The number of ether oxygens (including phenoxy) is 1. The van der Waals surface area contributed by atoms with Crippen molar-refractivity contribution >= 4 is 0 Å². The minimum atomic E-state index is -0.387. The topological polar surface area (TPSA) is 47.3 Å². The quantitative estimate of drug-likeness (QED) is 0.881. The average molecular weight is 246 g/mol. The van der Waals surface area contributed by atoms with Gasteiger partial charge in [0.2, 0.25) is 5.88 Å². The van der Waals surface area contributed by atoms with Gasteiger partial charge in [0.1, 0.15) is 0 Å². The van der Waals surface area contributed by atoms with Crippen LogP contribution in [0.15, 0.2) is 36.8 Å². The van der Waals surface area contributed by atoms with Crippen molar-refractivity contribution in [2.75, 3.05) is 7.11 Å². The van der Waals surface area contributed by atoms with Crippen molar-refractivity contribution < 1.29 is 9.84 Å². The molecule has 4 heteroatoms. The average Bonchev–Trinajstić information content (AvgIpc) is 2.87. The largest absolute Gasteiger partial charge is 0.481 e. The summed E-state index contributed by atoms with van der Waals surface area (Å²) in [5.41, 5.74) is 1.97. The first kappa shape index (κ1) is 12.6. The fourth-order valence-electron chi connectivity index (χ4n) is 1.92. The first-order valence-corrected chi connectivity index (χ1v) is 6.06. The Hall–Kier alpha value is -1.81. The summed E-state index contributed by atoms with van der Waals surface area (Å²) in [6, 6.07) is 5.82. The van der Waals surface area contributed by atoms with Gasteiger partial charge in [0.15, 0.2) is 0 Å². The molecule has 0 bridgehead atoms. The molecule has 2 rings (SSSR count). The predicted molar refractivity (Wildman–Crippen MR) is 69.6 cm³/mol. The van der Waals surface area contributed by atoms with Gasteiger partial charge in [-0.15, -0.1) is 0 Å². The monoisotopic (exact) mass is 246 g/mol. The molecule has 0 amide bonds. The van der Waals surface area contributed by atoms with Crippen molar-refractivity contribution in [3.8, 4) is 5.88 Å². The molecule has 0 radical (unpaired) electrons. The molecule has 4 nitrogen and oxygen atoms in total. The van der Waals surface area contributed by atoms with Gasteiger partial charge < -0.3 is 14.4 Å². The highest BCUT2D eigenvalue weighted by Crippen LogP contribution is 2.19. The predicted octanol–water partition coefficient (Wildman–Crippen LogP) is 2.38. The summed E-state index contributed by atoms with van der Waals surface area (Å²) in [7, 11) is 1.62. The Labute approximate surface area is 107 Å². The van der Waals surface area contributed by atoms with Gasteiger partial charge in [-0.2, -0.15) is 0 Å². The number of methoxy groups -OCH3 is 1. The molecule has 18 heavy (non-hydrogen) atoms. The van der Waals surface area contributed by atoms with Crippen molar-refractivity contribution in [2.24, 2.45) is 0 Å². The molecule has 0 aromatic carbocycles. The van der Waals surface area contributed by atoms with Crippen LogP contribution in [0.25, 0.3) is 0 Å². The van der Waals surface area contributed by atoms with E-state index >= 15 is 0 Å². The van der Waals surface area contributed by atoms with Crippen molar-refractivity contribution in [3.05, 3.63) is 47.9 Å². The third kappa shape index (κ3) is 2.71. The molecule has 0 fully saturated rings. The lowest BCUT2D eigenvalue weighted by Crippen LogP contribution is -2.01. The van der Waals surface area contributed by atoms with E-state index in [2.05, 4.69) is 4.98 Å². The number of hydrogen-bond acceptors (Lipinski definition) is 3. The molecule has 1 unspecified atom stereocenters. The molecule has 96 valence electrons. The summed E-state index contributed by atoms with van der Waals surface area (Å²) >= 11 is 0. The lowest BCUT2D eigenvalue weighted by molar-refractivity contribution is 0.173. The number of aromatic nitrogens is 2. The second-order valence-corrected chi connectivity index (χ2v) is 4.21. The van der Waals surface area contributed by atoms with Gasteiger partial charge in [-0.3, -0.25) is 0 Å².